The molecule has 2 aromatic rings. The van der Waals surface area contributed by atoms with Crippen LogP contribution in [-0.4, -0.2) is 9.66 Å². The summed E-state index contributed by atoms with van der Waals surface area (Å²) < 4.78 is 1.89. The average molecular weight is 147 g/mol. The highest BCUT2D eigenvalue weighted by molar-refractivity contribution is 5.39. The third kappa shape index (κ3) is 1.26. The van der Waals surface area contributed by atoms with E-state index in [0.717, 1.165) is 5.69 Å². The Morgan fingerprint density at radius 3 is 2.73 bits per heavy atom. The Hall–Kier alpha value is -1.64. The zero-order chi connectivity index (χ0) is 7.52. The van der Waals surface area contributed by atoms with Gasteiger partial charge >= 0.3 is 0 Å². The first-order valence-electron chi connectivity index (χ1n) is 3.48. The summed E-state index contributed by atoms with van der Waals surface area (Å²) in [5.74, 6) is 0. The van der Waals surface area contributed by atoms with Crippen LogP contribution in [-0.2, 0) is 0 Å². The van der Waals surface area contributed by atoms with Gasteiger partial charge in [-0.1, -0.05) is 0 Å². The summed E-state index contributed by atoms with van der Waals surface area (Å²) in [6.07, 6.45) is 7.69. The molecule has 0 amide bonds. The van der Waals surface area contributed by atoms with Crippen LogP contribution in [0.25, 0.3) is 0 Å². The van der Waals surface area contributed by atoms with Gasteiger partial charge in [0.25, 0.3) is 0 Å². The van der Waals surface area contributed by atoms with E-state index in [4.69, 9.17) is 0 Å². The number of hydrogen-bond donors (Lipinski definition) is 2. The van der Waals surface area contributed by atoms with Gasteiger partial charge in [-0.2, -0.15) is 0 Å². The molecule has 0 unspecified atom stereocenters. The molecule has 0 saturated carbocycles. The van der Waals surface area contributed by atoms with Crippen LogP contribution in [0.15, 0.2) is 43.0 Å². The molecule has 0 fully saturated rings. The minimum atomic E-state index is 1.06. The van der Waals surface area contributed by atoms with Crippen LogP contribution in [0.2, 0.25) is 0 Å². The number of anilines is 1. The number of aromatic amines is 1. The molecule has 0 aliphatic carbocycles. The van der Waals surface area contributed by atoms with E-state index in [2.05, 4.69) is 10.4 Å². The maximum atomic E-state index is 3.15. The van der Waals surface area contributed by atoms with Gasteiger partial charge in [-0.15, -0.1) is 0 Å². The Labute approximate surface area is 64.6 Å². The maximum absolute atomic E-state index is 3.15. The number of nitrogens with one attached hydrogen (secondary N) is 2. The highest BCUT2D eigenvalue weighted by Crippen LogP contribution is 2.03. The lowest BCUT2D eigenvalue weighted by Crippen LogP contribution is -2.03. The van der Waals surface area contributed by atoms with Gasteiger partial charge < -0.3 is 4.98 Å². The number of nitrogens with zero attached hydrogens (tertiary/aromatic N) is 1. The van der Waals surface area contributed by atoms with E-state index in [1.165, 1.54) is 0 Å². The second-order valence-electron chi connectivity index (χ2n) is 2.30. The van der Waals surface area contributed by atoms with E-state index < -0.39 is 0 Å². The minimum absolute atomic E-state index is 1.06. The zero-order valence-electron chi connectivity index (χ0n) is 5.99. The number of aromatic nitrogens is 2. The second kappa shape index (κ2) is 2.54. The van der Waals surface area contributed by atoms with Crippen molar-refractivity contribution in [3.63, 3.8) is 0 Å². The second-order valence-corrected chi connectivity index (χ2v) is 2.30. The quantitative estimate of drug-likeness (QED) is 0.665. The third-order valence-corrected chi connectivity index (χ3v) is 1.46. The molecule has 0 atom stereocenters. The highest BCUT2D eigenvalue weighted by Gasteiger charge is 1.88. The molecule has 3 nitrogen and oxygen atoms in total. The largest absolute Gasteiger partial charge is 0.366 e. The standard InChI is InChI=1S/C8H9N3/c1-2-6-11(5-1)10-8-3-4-9-7-8/h1-7,9-10H. The van der Waals surface area contributed by atoms with E-state index in [0.29, 0.717) is 0 Å². The van der Waals surface area contributed by atoms with E-state index in [1.807, 2.05) is 47.7 Å². The van der Waals surface area contributed by atoms with Gasteiger partial charge in [0.2, 0.25) is 0 Å². The number of hydrogen-bond acceptors (Lipinski definition) is 1. The SMILES string of the molecule is c1ccn(Nc2cc[nH]c2)c1. The van der Waals surface area contributed by atoms with Crippen molar-refractivity contribution in [1.82, 2.24) is 9.66 Å². The Morgan fingerprint density at radius 1 is 1.27 bits per heavy atom. The summed E-state index contributed by atoms with van der Waals surface area (Å²) in [5, 5.41) is 0. The molecule has 56 valence electrons. The molecular formula is C8H9N3. The summed E-state index contributed by atoms with van der Waals surface area (Å²) in [6.45, 7) is 0. The monoisotopic (exact) mass is 147 g/mol. The minimum Gasteiger partial charge on any atom is -0.366 e. The van der Waals surface area contributed by atoms with E-state index in [9.17, 15) is 0 Å². The van der Waals surface area contributed by atoms with Gasteiger partial charge in [0.1, 0.15) is 0 Å². The van der Waals surface area contributed by atoms with Crippen molar-refractivity contribution in [2.75, 3.05) is 5.43 Å². The smallest absolute Gasteiger partial charge is 0.0720 e. The van der Waals surface area contributed by atoms with Crippen LogP contribution >= 0.6 is 0 Å². The van der Waals surface area contributed by atoms with Crippen LogP contribution in [0.3, 0.4) is 0 Å². The number of rotatable bonds is 2. The molecule has 0 saturated heterocycles. The predicted octanol–water partition coefficient (Wildman–Crippen LogP) is 1.69. The van der Waals surface area contributed by atoms with Gasteiger partial charge in [-0.05, 0) is 18.2 Å². The Balaban J connectivity index is 2.14. The Kier molecular flexibility index (Phi) is 1.41. The van der Waals surface area contributed by atoms with Crippen molar-refractivity contribution >= 4 is 5.69 Å². The molecule has 11 heavy (non-hydrogen) atoms. The Morgan fingerprint density at radius 2 is 2.09 bits per heavy atom. The van der Waals surface area contributed by atoms with Gasteiger partial charge in [0, 0.05) is 24.8 Å². The molecule has 0 radical (unpaired) electrons. The predicted molar refractivity (Wildman–Crippen MR) is 44.2 cm³/mol. The first kappa shape index (κ1) is 6.09. The van der Waals surface area contributed by atoms with Crippen LogP contribution in [0.4, 0.5) is 5.69 Å². The first-order valence-corrected chi connectivity index (χ1v) is 3.48. The summed E-state index contributed by atoms with van der Waals surface area (Å²) >= 11 is 0. The molecule has 0 spiro atoms. The third-order valence-electron chi connectivity index (χ3n) is 1.46. The number of H-pyrrole nitrogens is 1. The summed E-state index contributed by atoms with van der Waals surface area (Å²) in [4.78, 5) is 2.97. The summed E-state index contributed by atoms with van der Waals surface area (Å²) in [6, 6.07) is 5.92. The molecule has 0 aliphatic rings. The molecule has 0 bridgehead atoms. The van der Waals surface area contributed by atoms with E-state index in [1.54, 1.807) is 0 Å². The molecule has 2 N–H and O–H groups in total. The molecular weight excluding hydrogens is 138 g/mol. The van der Waals surface area contributed by atoms with Gasteiger partial charge in [0.05, 0.1) is 5.69 Å². The fourth-order valence-corrected chi connectivity index (χ4v) is 0.952. The topological polar surface area (TPSA) is 32.8 Å². The van der Waals surface area contributed by atoms with Crippen LogP contribution in [0.1, 0.15) is 0 Å². The van der Waals surface area contributed by atoms with E-state index in [-0.39, 0.29) is 0 Å². The Bertz CT molecular complexity index is 262. The summed E-state index contributed by atoms with van der Waals surface area (Å²) in [7, 11) is 0. The van der Waals surface area contributed by atoms with Crippen LogP contribution < -0.4 is 5.43 Å². The van der Waals surface area contributed by atoms with Gasteiger partial charge in [-0.25, -0.2) is 0 Å². The van der Waals surface area contributed by atoms with Gasteiger partial charge in [0.15, 0.2) is 0 Å². The normalized spacial score (nSPS) is 9.82. The van der Waals surface area contributed by atoms with Crippen molar-refractivity contribution in [2.45, 2.75) is 0 Å². The zero-order valence-corrected chi connectivity index (χ0v) is 5.99. The van der Waals surface area contributed by atoms with Crippen molar-refractivity contribution in [3.8, 4) is 0 Å². The first-order chi connectivity index (χ1) is 5.45. The lowest BCUT2D eigenvalue weighted by atomic mass is 10.6. The molecule has 0 aromatic carbocycles. The van der Waals surface area contributed by atoms with Crippen molar-refractivity contribution in [2.24, 2.45) is 0 Å². The molecule has 2 aromatic heterocycles. The highest BCUT2D eigenvalue weighted by atomic mass is 15.4. The van der Waals surface area contributed by atoms with Crippen LogP contribution in [0, 0.1) is 0 Å². The van der Waals surface area contributed by atoms with Crippen LogP contribution in [0.5, 0.6) is 0 Å². The van der Waals surface area contributed by atoms with Gasteiger partial charge in [-0.3, -0.25) is 10.1 Å². The van der Waals surface area contributed by atoms with E-state index >= 15 is 0 Å². The average Bonchev–Trinajstić information content (AvgIpc) is 2.60. The maximum Gasteiger partial charge on any atom is 0.0720 e. The molecule has 0 aliphatic heterocycles. The molecule has 3 heteroatoms. The fourth-order valence-electron chi connectivity index (χ4n) is 0.952. The van der Waals surface area contributed by atoms with Crippen molar-refractivity contribution in [3.05, 3.63) is 43.0 Å². The molecule has 2 heterocycles. The lowest BCUT2D eigenvalue weighted by molar-refractivity contribution is 0.972. The molecule has 2 rings (SSSR count). The lowest BCUT2D eigenvalue weighted by Gasteiger charge is -2.02. The van der Waals surface area contributed by atoms with Crippen molar-refractivity contribution in [1.29, 1.82) is 0 Å². The fraction of sp³-hybridized carbons (Fsp3) is 0. The summed E-state index contributed by atoms with van der Waals surface area (Å²) in [5.41, 5.74) is 4.21. The van der Waals surface area contributed by atoms with Crippen molar-refractivity contribution < 1.29 is 0 Å².